The topological polar surface area (TPSA) is 58.2 Å². The molecule has 1 aliphatic carbocycles. The van der Waals surface area contributed by atoms with Gasteiger partial charge in [0.2, 0.25) is 0 Å². The number of carbonyl (C=O) groups is 2. The van der Waals surface area contributed by atoms with E-state index in [4.69, 9.17) is 0 Å². The van der Waals surface area contributed by atoms with Gasteiger partial charge in [-0.2, -0.15) is 0 Å². The summed E-state index contributed by atoms with van der Waals surface area (Å²) in [5.74, 6) is -0.196. The van der Waals surface area contributed by atoms with Gasteiger partial charge >= 0.3 is 0 Å². The summed E-state index contributed by atoms with van der Waals surface area (Å²) in [7, 11) is 0. The summed E-state index contributed by atoms with van der Waals surface area (Å²) in [4.78, 5) is 25.9. The van der Waals surface area contributed by atoms with Gasteiger partial charge in [0.15, 0.2) is 11.6 Å². The van der Waals surface area contributed by atoms with Crippen molar-refractivity contribution in [3.63, 3.8) is 0 Å². The molecule has 1 aliphatic rings. The molecule has 4 nitrogen and oxygen atoms in total. The number of hydrogen-bond donors (Lipinski definition) is 2. The number of hydrogen-bond acceptors (Lipinski definition) is 4. The predicted molar refractivity (Wildman–Crippen MR) is 97.3 cm³/mol. The Balaban J connectivity index is 2.22. The molecule has 2 N–H and O–H groups in total. The minimum Gasteiger partial charge on any atom is -0.383 e. The summed E-state index contributed by atoms with van der Waals surface area (Å²) in [5.41, 5.74) is 3.44. The molecular formula is C20H22N2O2. The first-order valence-electron chi connectivity index (χ1n) is 8.28. The minimum atomic E-state index is -0.0978. The van der Waals surface area contributed by atoms with Crippen molar-refractivity contribution >= 4 is 22.9 Å². The summed E-state index contributed by atoms with van der Waals surface area (Å²) in [6.07, 6.45) is 0. The van der Waals surface area contributed by atoms with Crippen molar-refractivity contribution in [2.24, 2.45) is 0 Å². The van der Waals surface area contributed by atoms with Crippen molar-refractivity contribution in [1.82, 2.24) is 0 Å². The monoisotopic (exact) mass is 322 g/mol. The predicted octanol–water partition coefficient (Wildman–Crippen LogP) is 4.10. The molecule has 24 heavy (non-hydrogen) atoms. The van der Waals surface area contributed by atoms with Crippen LogP contribution >= 0.6 is 0 Å². The van der Waals surface area contributed by atoms with Crippen molar-refractivity contribution < 1.29 is 9.59 Å². The Bertz CT molecular complexity index is 822. The molecule has 0 amide bonds. The standard InChI is InChI=1S/C20H22N2O2/c1-11(2)21-13-9-16-18(17(10-13)22-12(3)4)20(24)15-8-6-5-7-14(15)19(16)23/h5-12,21-22H,1-4H3. The van der Waals surface area contributed by atoms with Gasteiger partial charge in [-0.3, -0.25) is 9.59 Å². The Hall–Kier alpha value is -2.62. The average molecular weight is 322 g/mol. The number of ketones is 2. The van der Waals surface area contributed by atoms with Crippen molar-refractivity contribution in [2.45, 2.75) is 39.8 Å². The van der Waals surface area contributed by atoms with E-state index in [1.54, 1.807) is 30.3 Å². The van der Waals surface area contributed by atoms with E-state index < -0.39 is 0 Å². The lowest BCUT2D eigenvalue weighted by molar-refractivity contribution is 0.0979. The summed E-state index contributed by atoms with van der Waals surface area (Å²) in [5, 5.41) is 6.64. The van der Waals surface area contributed by atoms with E-state index in [0.29, 0.717) is 27.9 Å². The van der Waals surface area contributed by atoms with Gasteiger partial charge in [-0.1, -0.05) is 24.3 Å². The van der Waals surface area contributed by atoms with Crippen LogP contribution < -0.4 is 10.6 Å². The molecule has 0 atom stereocenters. The number of carbonyl (C=O) groups excluding carboxylic acids is 2. The zero-order valence-electron chi connectivity index (χ0n) is 14.4. The van der Waals surface area contributed by atoms with E-state index in [2.05, 4.69) is 10.6 Å². The second kappa shape index (κ2) is 6.11. The van der Waals surface area contributed by atoms with Crippen LogP contribution in [0.3, 0.4) is 0 Å². The van der Waals surface area contributed by atoms with Crippen molar-refractivity contribution in [1.29, 1.82) is 0 Å². The van der Waals surface area contributed by atoms with E-state index in [9.17, 15) is 9.59 Å². The largest absolute Gasteiger partial charge is 0.383 e. The molecule has 0 radical (unpaired) electrons. The van der Waals surface area contributed by atoms with Crippen LogP contribution in [0.2, 0.25) is 0 Å². The molecule has 124 valence electrons. The van der Waals surface area contributed by atoms with Gasteiger partial charge in [0.1, 0.15) is 0 Å². The van der Waals surface area contributed by atoms with Crippen molar-refractivity contribution in [3.05, 3.63) is 58.7 Å². The van der Waals surface area contributed by atoms with Crippen LogP contribution in [0.25, 0.3) is 0 Å². The molecule has 3 rings (SSSR count). The summed E-state index contributed by atoms with van der Waals surface area (Å²) in [6, 6.07) is 11.1. The second-order valence-corrected chi connectivity index (χ2v) is 6.75. The van der Waals surface area contributed by atoms with E-state index in [1.165, 1.54) is 0 Å². The number of fused-ring (bicyclic) bond motifs is 2. The van der Waals surface area contributed by atoms with Crippen molar-refractivity contribution in [2.75, 3.05) is 10.6 Å². The third-order valence-electron chi connectivity index (χ3n) is 3.93. The second-order valence-electron chi connectivity index (χ2n) is 6.75. The summed E-state index contributed by atoms with van der Waals surface area (Å²) < 4.78 is 0. The maximum atomic E-state index is 13.0. The average Bonchev–Trinajstić information content (AvgIpc) is 2.51. The molecule has 0 saturated carbocycles. The molecule has 0 fully saturated rings. The number of anilines is 2. The fourth-order valence-electron chi connectivity index (χ4n) is 3.07. The molecule has 2 aromatic carbocycles. The Labute approximate surface area is 142 Å². The lowest BCUT2D eigenvalue weighted by Crippen LogP contribution is -2.24. The third-order valence-corrected chi connectivity index (χ3v) is 3.93. The van der Waals surface area contributed by atoms with Gasteiger partial charge in [-0.15, -0.1) is 0 Å². The fraction of sp³-hybridized carbons (Fsp3) is 0.300. The summed E-state index contributed by atoms with van der Waals surface area (Å²) >= 11 is 0. The van der Waals surface area contributed by atoms with E-state index >= 15 is 0 Å². The van der Waals surface area contributed by atoms with E-state index in [-0.39, 0.29) is 23.7 Å². The molecule has 0 bridgehead atoms. The first-order valence-corrected chi connectivity index (χ1v) is 8.28. The molecular weight excluding hydrogens is 300 g/mol. The molecule has 2 aromatic rings. The fourth-order valence-corrected chi connectivity index (χ4v) is 3.07. The van der Waals surface area contributed by atoms with Crippen LogP contribution in [0.1, 0.15) is 59.5 Å². The maximum Gasteiger partial charge on any atom is 0.196 e. The first-order chi connectivity index (χ1) is 11.4. The smallest absolute Gasteiger partial charge is 0.196 e. The van der Waals surface area contributed by atoms with Gasteiger partial charge in [0.25, 0.3) is 0 Å². The molecule has 0 aromatic heterocycles. The number of nitrogens with one attached hydrogen (secondary N) is 2. The Morgan fingerprint density at radius 3 is 1.92 bits per heavy atom. The SMILES string of the molecule is CC(C)Nc1cc(NC(C)C)c2c(c1)C(=O)c1ccccc1C2=O. The van der Waals surface area contributed by atoms with Gasteiger partial charge < -0.3 is 10.6 Å². The first kappa shape index (κ1) is 16.2. The maximum absolute atomic E-state index is 13.0. The van der Waals surface area contributed by atoms with Crippen molar-refractivity contribution in [3.8, 4) is 0 Å². The zero-order chi connectivity index (χ0) is 17.4. The Kier molecular flexibility index (Phi) is 4.14. The van der Waals surface area contributed by atoms with E-state index in [0.717, 1.165) is 5.69 Å². The van der Waals surface area contributed by atoms with Crippen LogP contribution in [-0.2, 0) is 0 Å². The highest BCUT2D eigenvalue weighted by atomic mass is 16.1. The van der Waals surface area contributed by atoms with Crippen LogP contribution in [0.5, 0.6) is 0 Å². The van der Waals surface area contributed by atoms with Crippen LogP contribution in [0, 0.1) is 0 Å². The highest BCUT2D eigenvalue weighted by Crippen LogP contribution is 2.35. The Morgan fingerprint density at radius 2 is 1.33 bits per heavy atom. The van der Waals surface area contributed by atoms with Gasteiger partial charge in [-0.25, -0.2) is 0 Å². The van der Waals surface area contributed by atoms with Crippen LogP contribution in [-0.4, -0.2) is 23.7 Å². The minimum absolute atomic E-state index is 0.0977. The molecule has 0 unspecified atom stereocenters. The van der Waals surface area contributed by atoms with Gasteiger partial charge in [-0.05, 0) is 39.8 Å². The molecule has 0 heterocycles. The molecule has 0 spiro atoms. The normalized spacial score (nSPS) is 13.1. The zero-order valence-corrected chi connectivity index (χ0v) is 14.4. The highest BCUT2D eigenvalue weighted by Gasteiger charge is 2.32. The lowest BCUT2D eigenvalue weighted by atomic mass is 9.82. The molecule has 0 aliphatic heterocycles. The highest BCUT2D eigenvalue weighted by molar-refractivity contribution is 6.30. The third kappa shape index (κ3) is 2.80. The Morgan fingerprint density at radius 1 is 0.750 bits per heavy atom. The van der Waals surface area contributed by atoms with Crippen LogP contribution in [0.4, 0.5) is 11.4 Å². The lowest BCUT2D eigenvalue weighted by Gasteiger charge is -2.24. The summed E-state index contributed by atoms with van der Waals surface area (Å²) in [6.45, 7) is 8.10. The molecule has 4 heteroatoms. The van der Waals surface area contributed by atoms with Gasteiger partial charge in [0, 0.05) is 40.1 Å². The number of benzene rings is 2. The molecule has 0 saturated heterocycles. The van der Waals surface area contributed by atoms with Gasteiger partial charge in [0.05, 0.1) is 5.56 Å². The van der Waals surface area contributed by atoms with E-state index in [1.807, 2.05) is 33.8 Å². The van der Waals surface area contributed by atoms with Crippen LogP contribution in [0.15, 0.2) is 36.4 Å². The number of rotatable bonds is 4. The quantitative estimate of drug-likeness (QED) is 0.759.